The van der Waals surface area contributed by atoms with Gasteiger partial charge in [-0.25, -0.2) is 0 Å². The summed E-state index contributed by atoms with van der Waals surface area (Å²) in [6.07, 6.45) is 2.96. The second kappa shape index (κ2) is 12.9. The molecule has 0 spiro atoms. The Morgan fingerprint density at radius 1 is 0.842 bits per heavy atom. The van der Waals surface area contributed by atoms with Crippen LogP contribution in [-0.2, 0) is 33.6 Å². The molecule has 4 aromatic rings. The topological polar surface area (TPSA) is 103 Å². The molecule has 4 rings (SSSR count). The summed E-state index contributed by atoms with van der Waals surface area (Å²) in [5, 5.41) is 10.1. The lowest BCUT2D eigenvalue weighted by molar-refractivity contribution is -0.131. The maximum atomic E-state index is 13.2. The fraction of sp³-hybridized carbons (Fsp3) is 0.233. The van der Waals surface area contributed by atoms with Gasteiger partial charge in [0.25, 0.3) is 0 Å². The normalized spacial score (nSPS) is 12.5. The van der Waals surface area contributed by atoms with E-state index in [2.05, 4.69) is 20.9 Å². The van der Waals surface area contributed by atoms with Gasteiger partial charge in [0.05, 0.1) is 6.42 Å². The van der Waals surface area contributed by atoms with Crippen molar-refractivity contribution in [2.45, 2.75) is 38.3 Å². The van der Waals surface area contributed by atoms with E-state index in [0.717, 1.165) is 27.6 Å². The fourth-order valence-corrected chi connectivity index (χ4v) is 4.40. The second-order valence-electron chi connectivity index (χ2n) is 9.24. The van der Waals surface area contributed by atoms with Crippen LogP contribution >= 0.6 is 11.6 Å². The number of aromatic amines is 1. The molecule has 3 amide bonds. The van der Waals surface area contributed by atoms with Gasteiger partial charge in [0.1, 0.15) is 12.1 Å². The predicted octanol–water partition coefficient (Wildman–Crippen LogP) is 3.95. The highest BCUT2D eigenvalue weighted by atomic mass is 35.5. The Bertz CT molecular complexity index is 1390. The molecule has 3 aromatic carbocycles. The molecule has 0 aliphatic carbocycles. The lowest BCUT2D eigenvalue weighted by Crippen LogP contribution is -2.54. The van der Waals surface area contributed by atoms with Gasteiger partial charge in [-0.05, 0) is 48.2 Å². The minimum absolute atomic E-state index is 0.119. The summed E-state index contributed by atoms with van der Waals surface area (Å²) < 4.78 is 0. The number of rotatable bonds is 11. The van der Waals surface area contributed by atoms with E-state index in [9.17, 15) is 14.4 Å². The fourth-order valence-electron chi connectivity index (χ4n) is 4.27. The molecule has 0 bridgehead atoms. The molecule has 1 heterocycles. The summed E-state index contributed by atoms with van der Waals surface area (Å²) in [6.45, 7) is 2.04. The van der Waals surface area contributed by atoms with E-state index in [0.29, 0.717) is 24.4 Å². The molecule has 0 aliphatic rings. The van der Waals surface area contributed by atoms with E-state index in [4.69, 9.17) is 11.6 Å². The van der Waals surface area contributed by atoms with Gasteiger partial charge in [0.15, 0.2) is 0 Å². The highest BCUT2D eigenvalue weighted by Gasteiger charge is 2.25. The number of fused-ring (bicyclic) bond motifs is 1. The number of para-hydroxylation sites is 1. The first kappa shape index (κ1) is 26.9. The third-order valence-electron chi connectivity index (χ3n) is 6.34. The van der Waals surface area contributed by atoms with Gasteiger partial charge in [0, 0.05) is 35.1 Å². The van der Waals surface area contributed by atoms with Gasteiger partial charge in [-0.15, -0.1) is 0 Å². The number of hydrogen-bond donors (Lipinski definition) is 4. The molecule has 2 atom stereocenters. The number of nitrogens with one attached hydrogen (secondary N) is 4. The van der Waals surface area contributed by atoms with Crippen molar-refractivity contribution in [3.63, 3.8) is 0 Å². The second-order valence-corrected chi connectivity index (χ2v) is 9.68. The highest BCUT2D eigenvalue weighted by Crippen LogP contribution is 2.19. The zero-order valence-corrected chi connectivity index (χ0v) is 21.9. The van der Waals surface area contributed by atoms with Gasteiger partial charge in [0.2, 0.25) is 17.7 Å². The Kier molecular flexibility index (Phi) is 9.16. The zero-order chi connectivity index (χ0) is 26.9. The van der Waals surface area contributed by atoms with Crippen LogP contribution in [0.25, 0.3) is 10.9 Å². The van der Waals surface area contributed by atoms with Crippen molar-refractivity contribution in [1.82, 2.24) is 20.9 Å². The van der Waals surface area contributed by atoms with E-state index in [1.807, 2.05) is 60.8 Å². The van der Waals surface area contributed by atoms with E-state index >= 15 is 0 Å². The Hall–Kier alpha value is -4.10. The quantitative estimate of drug-likeness (QED) is 0.236. The Morgan fingerprint density at radius 3 is 2.32 bits per heavy atom. The van der Waals surface area contributed by atoms with Crippen LogP contribution in [0.5, 0.6) is 0 Å². The first-order chi connectivity index (χ1) is 18.4. The van der Waals surface area contributed by atoms with Crippen molar-refractivity contribution in [3.05, 3.63) is 107 Å². The van der Waals surface area contributed by atoms with Gasteiger partial charge in [-0.3, -0.25) is 14.4 Å². The third-order valence-corrected chi connectivity index (χ3v) is 6.59. The maximum absolute atomic E-state index is 13.2. The summed E-state index contributed by atoms with van der Waals surface area (Å²) in [5.41, 5.74) is 3.78. The molecule has 0 aliphatic heterocycles. The number of aromatic nitrogens is 1. The van der Waals surface area contributed by atoms with E-state index < -0.39 is 18.0 Å². The van der Waals surface area contributed by atoms with Crippen LogP contribution < -0.4 is 16.0 Å². The molecule has 4 N–H and O–H groups in total. The van der Waals surface area contributed by atoms with Crippen molar-refractivity contribution < 1.29 is 14.4 Å². The number of amides is 3. The summed E-state index contributed by atoms with van der Waals surface area (Å²) in [7, 11) is 0. The Morgan fingerprint density at radius 2 is 1.55 bits per heavy atom. The molecule has 1 unspecified atom stereocenters. The SMILES string of the molecule is CC(NC(=O)Cc1ccc(Cl)cc1)C(=O)N[C@H](Cc1c[nH]c2ccccc12)C(=O)NCCc1ccccc1. The van der Waals surface area contributed by atoms with Crippen LogP contribution in [0.1, 0.15) is 23.6 Å². The molecular weight excluding hydrogens is 500 g/mol. The molecule has 0 saturated carbocycles. The Labute approximate surface area is 227 Å². The standard InChI is InChI=1S/C30H31ClN4O3/c1-20(34-28(36)17-22-11-13-24(31)14-12-22)29(37)35-27(18-23-19-33-26-10-6-5-9-25(23)26)30(38)32-16-15-21-7-3-2-4-8-21/h2-14,19-20,27,33H,15-18H2,1H3,(H,32,38)(H,34,36)(H,35,37)/t20?,27-/m1/s1. The summed E-state index contributed by atoms with van der Waals surface area (Å²) in [4.78, 5) is 42.0. The predicted molar refractivity (Wildman–Crippen MR) is 150 cm³/mol. The summed E-state index contributed by atoms with van der Waals surface area (Å²) >= 11 is 5.91. The first-order valence-corrected chi connectivity index (χ1v) is 13.0. The molecule has 7 nitrogen and oxygen atoms in total. The molecule has 8 heteroatoms. The summed E-state index contributed by atoms with van der Waals surface area (Å²) in [5.74, 6) is -1.01. The van der Waals surface area contributed by atoms with E-state index in [1.165, 1.54) is 0 Å². The number of H-pyrrole nitrogens is 1. The minimum Gasteiger partial charge on any atom is -0.361 e. The number of hydrogen-bond acceptors (Lipinski definition) is 3. The molecule has 0 radical (unpaired) electrons. The van der Waals surface area contributed by atoms with Crippen molar-refractivity contribution in [2.24, 2.45) is 0 Å². The van der Waals surface area contributed by atoms with Crippen LogP contribution in [0.15, 0.2) is 85.1 Å². The number of carbonyl (C=O) groups excluding carboxylic acids is 3. The Balaban J connectivity index is 1.40. The van der Waals surface area contributed by atoms with Gasteiger partial charge < -0.3 is 20.9 Å². The van der Waals surface area contributed by atoms with Crippen molar-refractivity contribution in [3.8, 4) is 0 Å². The molecule has 196 valence electrons. The smallest absolute Gasteiger partial charge is 0.242 e. The molecule has 0 fully saturated rings. The van der Waals surface area contributed by atoms with Crippen LogP contribution in [0.3, 0.4) is 0 Å². The molecule has 38 heavy (non-hydrogen) atoms. The van der Waals surface area contributed by atoms with Crippen molar-refractivity contribution >= 4 is 40.2 Å². The number of halogens is 1. The lowest BCUT2D eigenvalue weighted by atomic mass is 10.0. The van der Waals surface area contributed by atoms with Crippen molar-refractivity contribution in [2.75, 3.05) is 6.54 Å². The van der Waals surface area contributed by atoms with Gasteiger partial charge >= 0.3 is 0 Å². The van der Waals surface area contributed by atoms with Crippen LogP contribution in [0.4, 0.5) is 0 Å². The summed E-state index contributed by atoms with van der Waals surface area (Å²) in [6, 6.07) is 23.0. The van der Waals surface area contributed by atoms with Crippen LogP contribution in [-0.4, -0.2) is 41.3 Å². The molecule has 0 saturated heterocycles. The number of carbonyl (C=O) groups is 3. The molecular formula is C30H31ClN4O3. The van der Waals surface area contributed by atoms with Crippen LogP contribution in [0.2, 0.25) is 5.02 Å². The zero-order valence-electron chi connectivity index (χ0n) is 21.2. The van der Waals surface area contributed by atoms with Crippen LogP contribution in [0, 0.1) is 0 Å². The monoisotopic (exact) mass is 530 g/mol. The van der Waals surface area contributed by atoms with Crippen molar-refractivity contribution in [1.29, 1.82) is 0 Å². The average molecular weight is 531 g/mol. The maximum Gasteiger partial charge on any atom is 0.242 e. The minimum atomic E-state index is -0.822. The lowest BCUT2D eigenvalue weighted by Gasteiger charge is -2.21. The molecule has 1 aromatic heterocycles. The van der Waals surface area contributed by atoms with E-state index in [1.54, 1.807) is 31.2 Å². The largest absolute Gasteiger partial charge is 0.361 e. The number of benzene rings is 3. The first-order valence-electron chi connectivity index (χ1n) is 12.6. The highest BCUT2D eigenvalue weighted by molar-refractivity contribution is 6.30. The van der Waals surface area contributed by atoms with Gasteiger partial charge in [-0.2, -0.15) is 0 Å². The third kappa shape index (κ3) is 7.46. The van der Waals surface area contributed by atoms with E-state index in [-0.39, 0.29) is 18.2 Å². The average Bonchev–Trinajstić information content (AvgIpc) is 3.32. The van der Waals surface area contributed by atoms with Gasteiger partial charge in [-0.1, -0.05) is 72.3 Å².